The third kappa shape index (κ3) is 4.10. The zero-order valence-electron chi connectivity index (χ0n) is 9.40. The van der Waals surface area contributed by atoms with Gasteiger partial charge >= 0.3 is 0 Å². The van der Waals surface area contributed by atoms with Crippen molar-refractivity contribution in [3.8, 4) is 0 Å². The van der Waals surface area contributed by atoms with Crippen LogP contribution in [0.25, 0.3) is 6.08 Å². The lowest BCUT2D eigenvalue weighted by molar-refractivity contribution is 0.490. The number of rotatable bonds is 5. The monoisotopic (exact) mass is 247 g/mol. The Kier molecular flexibility index (Phi) is 4.42. The molecule has 0 aliphatic rings. The Balaban J connectivity index is 1.73. The molecule has 0 aliphatic heterocycles. The fourth-order valence-electron chi connectivity index (χ4n) is 1.46. The van der Waals surface area contributed by atoms with Crippen LogP contribution in [0.3, 0.4) is 0 Å². The molecule has 1 heterocycles. The zero-order chi connectivity index (χ0) is 11.9. The van der Waals surface area contributed by atoms with Crippen molar-refractivity contribution in [2.24, 2.45) is 0 Å². The van der Waals surface area contributed by atoms with Crippen LogP contribution in [0.5, 0.6) is 0 Å². The van der Waals surface area contributed by atoms with Gasteiger partial charge in [0.2, 0.25) is 0 Å². The lowest BCUT2D eigenvalue weighted by atomic mass is 10.2. The van der Waals surface area contributed by atoms with Crippen molar-refractivity contribution in [2.75, 3.05) is 6.54 Å². The first-order chi connectivity index (χ1) is 8.34. The molecule has 0 spiro atoms. The predicted molar refractivity (Wildman–Crippen MR) is 70.9 cm³/mol. The van der Waals surface area contributed by atoms with Gasteiger partial charge in [-0.1, -0.05) is 35.9 Å². The standard InChI is InChI=1S/C14H14ClNO/c15-13-7-5-12(6-8-13)3-1-9-16-11-14-4-2-10-17-14/h1-8,10,16H,9,11H2/b3-1-. The van der Waals surface area contributed by atoms with Gasteiger partial charge in [0.25, 0.3) is 0 Å². The Morgan fingerprint density at radius 3 is 2.71 bits per heavy atom. The Labute approximate surface area is 106 Å². The second-order valence-electron chi connectivity index (χ2n) is 3.66. The highest BCUT2D eigenvalue weighted by atomic mass is 35.5. The molecule has 2 rings (SSSR count). The number of benzene rings is 1. The summed E-state index contributed by atoms with van der Waals surface area (Å²) in [4.78, 5) is 0. The molecule has 1 aromatic heterocycles. The van der Waals surface area contributed by atoms with Gasteiger partial charge in [-0.15, -0.1) is 0 Å². The van der Waals surface area contributed by atoms with Gasteiger partial charge in [-0.3, -0.25) is 0 Å². The van der Waals surface area contributed by atoms with Gasteiger partial charge in [-0.25, -0.2) is 0 Å². The topological polar surface area (TPSA) is 25.2 Å². The first kappa shape index (κ1) is 12.0. The lowest BCUT2D eigenvalue weighted by Gasteiger charge is -1.97. The number of hydrogen-bond donors (Lipinski definition) is 1. The largest absolute Gasteiger partial charge is 0.468 e. The summed E-state index contributed by atoms with van der Waals surface area (Å²) in [6.45, 7) is 1.56. The molecule has 0 radical (unpaired) electrons. The molecule has 2 nitrogen and oxygen atoms in total. The summed E-state index contributed by atoms with van der Waals surface area (Å²) in [6.07, 6.45) is 5.82. The molecule has 3 heteroatoms. The Morgan fingerprint density at radius 2 is 2.00 bits per heavy atom. The molecule has 88 valence electrons. The van der Waals surface area contributed by atoms with E-state index in [-0.39, 0.29) is 0 Å². The van der Waals surface area contributed by atoms with Gasteiger partial charge in [0.1, 0.15) is 5.76 Å². The second-order valence-corrected chi connectivity index (χ2v) is 4.10. The van der Waals surface area contributed by atoms with E-state index in [1.54, 1.807) is 6.26 Å². The van der Waals surface area contributed by atoms with Crippen LogP contribution in [0.4, 0.5) is 0 Å². The van der Waals surface area contributed by atoms with Crippen molar-refractivity contribution in [3.63, 3.8) is 0 Å². The molecule has 17 heavy (non-hydrogen) atoms. The quantitative estimate of drug-likeness (QED) is 0.815. The first-order valence-corrected chi connectivity index (χ1v) is 5.87. The highest BCUT2D eigenvalue weighted by Gasteiger charge is 1.92. The van der Waals surface area contributed by atoms with E-state index in [2.05, 4.69) is 17.5 Å². The molecule has 2 aromatic rings. The van der Waals surface area contributed by atoms with E-state index in [1.807, 2.05) is 36.4 Å². The SMILES string of the molecule is Clc1ccc(/C=C\CNCc2ccco2)cc1. The molecule has 0 amide bonds. The Hall–Kier alpha value is -1.51. The van der Waals surface area contributed by atoms with Crippen molar-refractivity contribution < 1.29 is 4.42 Å². The summed E-state index contributed by atoms with van der Waals surface area (Å²) >= 11 is 5.81. The van der Waals surface area contributed by atoms with Gasteiger partial charge in [0, 0.05) is 11.6 Å². The van der Waals surface area contributed by atoms with Crippen molar-refractivity contribution in [3.05, 3.63) is 65.1 Å². The number of nitrogens with one attached hydrogen (secondary N) is 1. The summed E-state index contributed by atoms with van der Waals surface area (Å²) in [6, 6.07) is 11.6. The van der Waals surface area contributed by atoms with Crippen LogP contribution in [0.15, 0.2) is 53.2 Å². The summed E-state index contributed by atoms with van der Waals surface area (Å²) in [5.74, 6) is 0.949. The normalized spacial score (nSPS) is 11.1. The minimum atomic E-state index is 0.748. The van der Waals surface area contributed by atoms with Crippen LogP contribution in [0.1, 0.15) is 11.3 Å². The highest BCUT2D eigenvalue weighted by Crippen LogP contribution is 2.10. The lowest BCUT2D eigenvalue weighted by Crippen LogP contribution is -2.11. The molecular formula is C14H14ClNO. The summed E-state index contributed by atoms with van der Waals surface area (Å²) < 4.78 is 5.21. The van der Waals surface area contributed by atoms with Gasteiger partial charge in [0.05, 0.1) is 12.8 Å². The van der Waals surface area contributed by atoms with E-state index in [0.29, 0.717) is 0 Å². The number of furan rings is 1. The molecule has 0 aliphatic carbocycles. The third-order valence-corrected chi connectivity index (χ3v) is 2.57. The van der Waals surface area contributed by atoms with E-state index < -0.39 is 0 Å². The van der Waals surface area contributed by atoms with Gasteiger partial charge in [0.15, 0.2) is 0 Å². The van der Waals surface area contributed by atoms with Crippen LogP contribution < -0.4 is 5.32 Å². The second kappa shape index (κ2) is 6.28. The molecule has 0 fully saturated rings. The maximum absolute atomic E-state index is 5.81. The zero-order valence-corrected chi connectivity index (χ0v) is 10.2. The van der Waals surface area contributed by atoms with Gasteiger partial charge in [-0.05, 0) is 29.8 Å². The van der Waals surface area contributed by atoms with E-state index in [4.69, 9.17) is 16.0 Å². The molecule has 0 atom stereocenters. The van der Waals surface area contributed by atoms with Crippen LogP contribution in [-0.4, -0.2) is 6.54 Å². The van der Waals surface area contributed by atoms with E-state index in [9.17, 15) is 0 Å². The Bertz CT molecular complexity index is 459. The number of halogens is 1. The van der Waals surface area contributed by atoms with E-state index in [1.165, 1.54) is 0 Å². The average Bonchev–Trinajstić information content (AvgIpc) is 2.84. The third-order valence-electron chi connectivity index (χ3n) is 2.32. The van der Waals surface area contributed by atoms with Crippen molar-refractivity contribution >= 4 is 17.7 Å². The molecule has 1 N–H and O–H groups in total. The highest BCUT2D eigenvalue weighted by molar-refractivity contribution is 6.30. The van der Waals surface area contributed by atoms with Crippen LogP contribution in [0.2, 0.25) is 5.02 Å². The molecule has 0 saturated carbocycles. The van der Waals surface area contributed by atoms with Gasteiger partial charge < -0.3 is 9.73 Å². The molecule has 0 bridgehead atoms. The molecule has 0 saturated heterocycles. The van der Waals surface area contributed by atoms with E-state index in [0.717, 1.165) is 29.4 Å². The summed E-state index contributed by atoms with van der Waals surface area (Å²) in [5, 5.41) is 4.02. The minimum Gasteiger partial charge on any atom is -0.468 e. The maximum Gasteiger partial charge on any atom is 0.117 e. The van der Waals surface area contributed by atoms with Crippen LogP contribution in [-0.2, 0) is 6.54 Å². The number of hydrogen-bond acceptors (Lipinski definition) is 2. The summed E-state index contributed by atoms with van der Waals surface area (Å²) in [7, 11) is 0. The average molecular weight is 248 g/mol. The van der Waals surface area contributed by atoms with E-state index >= 15 is 0 Å². The Morgan fingerprint density at radius 1 is 1.18 bits per heavy atom. The molecular weight excluding hydrogens is 234 g/mol. The van der Waals surface area contributed by atoms with Crippen molar-refractivity contribution in [1.82, 2.24) is 5.32 Å². The van der Waals surface area contributed by atoms with Crippen LogP contribution >= 0.6 is 11.6 Å². The first-order valence-electron chi connectivity index (χ1n) is 5.50. The van der Waals surface area contributed by atoms with Crippen molar-refractivity contribution in [1.29, 1.82) is 0 Å². The summed E-state index contributed by atoms with van der Waals surface area (Å²) in [5.41, 5.74) is 1.15. The van der Waals surface area contributed by atoms with Crippen molar-refractivity contribution in [2.45, 2.75) is 6.54 Å². The fourth-order valence-corrected chi connectivity index (χ4v) is 1.59. The smallest absolute Gasteiger partial charge is 0.117 e. The minimum absolute atomic E-state index is 0.748. The fraction of sp³-hybridized carbons (Fsp3) is 0.143. The van der Waals surface area contributed by atoms with Crippen LogP contribution in [0, 0.1) is 0 Å². The molecule has 0 unspecified atom stereocenters. The maximum atomic E-state index is 5.81. The van der Waals surface area contributed by atoms with Gasteiger partial charge in [-0.2, -0.15) is 0 Å². The predicted octanol–water partition coefficient (Wildman–Crippen LogP) is 3.74. The molecule has 1 aromatic carbocycles.